The summed E-state index contributed by atoms with van der Waals surface area (Å²) in [4.78, 5) is 27.1. The number of para-hydroxylation sites is 1. The number of likely N-dealkylation sites (N-methyl/N-ethyl adjacent to an activating group) is 1. The maximum absolute atomic E-state index is 13.8. The molecule has 0 saturated heterocycles. The van der Waals surface area contributed by atoms with Crippen molar-refractivity contribution in [3.63, 3.8) is 0 Å². The molecule has 178 valence electrons. The second kappa shape index (κ2) is 11.1. The third-order valence-electron chi connectivity index (χ3n) is 5.61. The molecule has 9 heteroatoms. The minimum absolute atomic E-state index is 0.0334. The summed E-state index contributed by atoms with van der Waals surface area (Å²) in [5, 5.41) is 8.55. The number of ether oxygens (including phenoxy) is 2. The molecule has 1 aliphatic heterocycles. The topological polar surface area (TPSA) is 91.9 Å². The molecule has 8 nitrogen and oxygen atoms in total. The van der Waals surface area contributed by atoms with Crippen molar-refractivity contribution in [1.82, 2.24) is 10.2 Å². The average molecular weight is 459 g/mol. The van der Waals surface area contributed by atoms with Crippen LogP contribution < -0.4 is 20.7 Å². The molecule has 1 aliphatic rings. The molecule has 3 rings (SSSR count). The highest BCUT2D eigenvalue weighted by molar-refractivity contribution is 6.01. The van der Waals surface area contributed by atoms with Crippen molar-refractivity contribution < 1.29 is 23.5 Å². The monoisotopic (exact) mass is 458 g/mol. The number of urea groups is 1. The SMILES string of the molecule is CO[C@H]1CN(C)C(=O)c2ccc(NC(=O)Nc3ccccc3F)cc2OC[C@@H](C)NC[C@H]1C. The van der Waals surface area contributed by atoms with E-state index < -0.39 is 11.8 Å². The summed E-state index contributed by atoms with van der Waals surface area (Å²) >= 11 is 0. The minimum Gasteiger partial charge on any atom is -0.491 e. The van der Waals surface area contributed by atoms with Crippen LogP contribution in [-0.2, 0) is 4.74 Å². The van der Waals surface area contributed by atoms with E-state index in [-0.39, 0.29) is 29.7 Å². The Labute approximate surface area is 193 Å². The van der Waals surface area contributed by atoms with E-state index in [1.807, 2.05) is 6.92 Å². The summed E-state index contributed by atoms with van der Waals surface area (Å²) in [5.41, 5.74) is 0.859. The molecule has 1 heterocycles. The largest absolute Gasteiger partial charge is 0.491 e. The third kappa shape index (κ3) is 6.43. The number of fused-ring (bicyclic) bond motifs is 1. The van der Waals surface area contributed by atoms with Crippen molar-refractivity contribution in [2.24, 2.45) is 5.92 Å². The van der Waals surface area contributed by atoms with Crippen LogP contribution in [0.15, 0.2) is 42.5 Å². The summed E-state index contributed by atoms with van der Waals surface area (Å²) in [6, 6.07) is 10.1. The lowest BCUT2D eigenvalue weighted by atomic mass is 10.0. The first-order valence-corrected chi connectivity index (χ1v) is 10.9. The van der Waals surface area contributed by atoms with Gasteiger partial charge in [0.2, 0.25) is 0 Å². The number of carbonyl (C=O) groups is 2. The van der Waals surface area contributed by atoms with E-state index in [0.29, 0.717) is 30.2 Å². The number of anilines is 2. The Balaban J connectivity index is 1.81. The van der Waals surface area contributed by atoms with Crippen LogP contribution in [0.25, 0.3) is 0 Å². The van der Waals surface area contributed by atoms with Crippen LogP contribution in [0.1, 0.15) is 24.2 Å². The molecule has 0 radical (unpaired) electrons. The van der Waals surface area contributed by atoms with Gasteiger partial charge in [-0.15, -0.1) is 0 Å². The van der Waals surface area contributed by atoms with Gasteiger partial charge in [-0.3, -0.25) is 4.79 Å². The normalized spacial score (nSPS) is 21.8. The van der Waals surface area contributed by atoms with Crippen LogP contribution in [0.3, 0.4) is 0 Å². The van der Waals surface area contributed by atoms with Gasteiger partial charge >= 0.3 is 6.03 Å². The lowest BCUT2D eigenvalue weighted by Crippen LogP contribution is -2.44. The fraction of sp³-hybridized carbons (Fsp3) is 0.417. The second-order valence-electron chi connectivity index (χ2n) is 8.33. The molecule has 2 aromatic carbocycles. The van der Waals surface area contributed by atoms with Crippen LogP contribution in [0.2, 0.25) is 0 Å². The molecular formula is C24H31FN4O4. The Bertz CT molecular complexity index is 987. The summed E-state index contributed by atoms with van der Waals surface area (Å²) in [5.74, 6) is -0.187. The first kappa shape index (κ1) is 24.5. The minimum atomic E-state index is -0.608. The van der Waals surface area contributed by atoms with Gasteiger partial charge in [-0.25, -0.2) is 9.18 Å². The Kier molecular flexibility index (Phi) is 8.24. The second-order valence-corrected chi connectivity index (χ2v) is 8.33. The van der Waals surface area contributed by atoms with Gasteiger partial charge in [0.25, 0.3) is 5.91 Å². The molecule has 33 heavy (non-hydrogen) atoms. The predicted octanol–water partition coefficient (Wildman–Crippen LogP) is 3.56. The van der Waals surface area contributed by atoms with Gasteiger partial charge in [0.1, 0.15) is 18.2 Å². The van der Waals surface area contributed by atoms with Gasteiger partial charge in [-0.2, -0.15) is 0 Å². The van der Waals surface area contributed by atoms with Gasteiger partial charge in [0.15, 0.2) is 0 Å². The zero-order valence-electron chi connectivity index (χ0n) is 19.4. The van der Waals surface area contributed by atoms with E-state index in [1.165, 1.54) is 12.1 Å². The Hall–Kier alpha value is -3.17. The van der Waals surface area contributed by atoms with Crippen molar-refractivity contribution in [3.8, 4) is 5.75 Å². The zero-order chi connectivity index (χ0) is 24.0. The van der Waals surface area contributed by atoms with Crippen LogP contribution in [-0.4, -0.2) is 62.8 Å². The van der Waals surface area contributed by atoms with Crippen LogP contribution in [0, 0.1) is 11.7 Å². The number of hydrogen-bond donors (Lipinski definition) is 3. The highest BCUT2D eigenvalue weighted by Gasteiger charge is 2.25. The standard InChI is InChI=1S/C24H31FN4O4/c1-15-12-26-16(2)14-33-21-11-17(27-24(31)28-20-8-6-5-7-19(20)25)9-10-18(21)23(30)29(3)13-22(15)32-4/h5-11,15-16,22,26H,12-14H2,1-4H3,(H2,27,28,31)/t15-,16-,22+/m1/s1. The summed E-state index contributed by atoms with van der Waals surface area (Å²) in [6.45, 7) is 5.56. The zero-order valence-corrected chi connectivity index (χ0v) is 19.4. The Morgan fingerprint density at radius 1 is 1.21 bits per heavy atom. The van der Waals surface area contributed by atoms with Gasteiger partial charge < -0.3 is 30.3 Å². The van der Waals surface area contributed by atoms with E-state index in [2.05, 4.69) is 22.9 Å². The third-order valence-corrected chi connectivity index (χ3v) is 5.61. The average Bonchev–Trinajstić information content (AvgIpc) is 2.80. The molecular weight excluding hydrogens is 427 g/mol. The van der Waals surface area contributed by atoms with Crippen molar-refractivity contribution in [2.75, 3.05) is 44.5 Å². The number of methoxy groups -OCH3 is 1. The van der Waals surface area contributed by atoms with Gasteiger partial charge in [-0.1, -0.05) is 19.1 Å². The van der Waals surface area contributed by atoms with Crippen LogP contribution in [0.4, 0.5) is 20.6 Å². The molecule has 0 fully saturated rings. The van der Waals surface area contributed by atoms with E-state index >= 15 is 0 Å². The van der Waals surface area contributed by atoms with E-state index in [1.54, 1.807) is 49.4 Å². The van der Waals surface area contributed by atoms with Crippen molar-refractivity contribution >= 4 is 23.3 Å². The molecule has 0 aromatic heterocycles. The maximum Gasteiger partial charge on any atom is 0.323 e. The summed E-state index contributed by atoms with van der Waals surface area (Å²) in [7, 11) is 3.37. The highest BCUT2D eigenvalue weighted by atomic mass is 19.1. The van der Waals surface area contributed by atoms with E-state index in [9.17, 15) is 14.0 Å². The predicted molar refractivity (Wildman–Crippen MR) is 125 cm³/mol. The number of carbonyl (C=O) groups excluding carboxylic acids is 2. The molecule has 0 saturated carbocycles. The smallest absolute Gasteiger partial charge is 0.323 e. The quantitative estimate of drug-likeness (QED) is 0.654. The van der Waals surface area contributed by atoms with Gasteiger partial charge in [0, 0.05) is 45.0 Å². The number of amides is 3. The molecule has 3 N–H and O–H groups in total. The molecule has 2 aromatic rings. The van der Waals surface area contributed by atoms with Crippen molar-refractivity contribution in [3.05, 3.63) is 53.8 Å². The van der Waals surface area contributed by atoms with E-state index in [4.69, 9.17) is 9.47 Å². The fourth-order valence-corrected chi connectivity index (χ4v) is 3.58. The van der Waals surface area contributed by atoms with Crippen molar-refractivity contribution in [2.45, 2.75) is 26.0 Å². The summed E-state index contributed by atoms with van der Waals surface area (Å²) in [6.07, 6.45) is -0.120. The molecule has 0 bridgehead atoms. The first-order chi connectivity index (χ1) is 15.8. The number of benzene rings is 2. The highest BCUT2D eigenvalue weighted by Crippen LogP contribution is 2.26. The van der Waals surface area contributed by atoms with Gasteiger partial charge in [-0.05, 0) is 37.1 Å². The molecule has 0 aliphatic carbocycles. The summed E-state index contributed by atoms with van der Waals surface area (Å²) < 4.78 is 25.4. The molecule has 0 spiro atoms. The number of nitrogens with zero attached hydrogens (tertiary/aromatic N) is 1. The number of hydrogen-bond acceptors (Lipinski definition) is 5. The van der Waals surface area contributed by atoms with E-state index in [0.717, 1.165) is 6.54 Å². The Morgan fingerprint density at radius 3 is 2.70 bits per heavy atom. The first-order valence-electron chi connectivity index (χ1n) is 10.9. The molecule has 3 atom stereocenters. The molecule has 0 unspecified atom stereocenters. The van der Waals surface area contributed by atoms with Crippen LogP contribution >= 0.6 is 0 Å². The number of halogens is 1. The fourth-order valence-electron chi connectivity index (χ4n) is 3.58. The number of nitrogens with one attached hydrogen (secondary N) is 3. The van der Waals surface area contributed by atoms with Crippen molar-refractivity contribution in [1.29, 1.82) is 0 Å². The lowest BCUT2D eigenvalue weighted by Gasteiger charge is -2.30. The maximum atomic E-state index is 13.8. The number of rotatable bonds is 3. The molecule has 3 amide bonds. The lowest BCUT2D eigenvalue weighted by molar-refractivity contribution is 0.0281. The van der Waals surface area contributed by atoms with Crippen LogP contribution in [0.5, 0.6) is 5.75 Å². The van der Waals surface area contributed by atoms with Gasteiger partial charge in [0.05, 0.1) is 17.4 Å². The Morgan fingerprint density at radius 2 is 1.97 bits per heavy atom.